The zero-order valence-electron chi connectivity index (χ0n) is 8.83. The highest BCUT2D eigenvalue weighted by atomic mass is 16.5. The molecule has 0 spiro atoms. The minimum atomic E-state index is -1.00. The van der Waals surface area contributed by atoms with Crippen molar-refractivity contribution >= 4 is 11.8 Å². The number of aliphatic hydroxyl groups is 2. The van der Waals surface area contributed by atoms with Gasteiger partial charge in [0.25, 0.3) is 0 Å². The van der Waals surface area contributed by atoms with Crippen LogP contribution in [0.2, 0.25) is 0 Å². The van der Waals surface area contributed by atoms with Gasteiger partial charge in [-0.15, -0.1) is 5.10 Å². The average molecular weight is 230 g/mol. The van der Waals surface area contributed by atoms with E-state index in [2.05, 4.69) is 10.3 Å². The van der Waals surface area contributed by atoms with E-state index >= 15 is 0 Å². The number of nitrogens with zero attached hydrogens (tertiary/aromatic N) is 3. The van der Waals surface area contributed by atoms with Crippen molar-refractivity contribution in [3.05, 3.63) is 5.69 Å². The first-order chi connectivity index (χ1) is 7.60. The number of nitrogens with two attached hydrogens (primary N) is 1. The van der Waals surface area contributed by atoms with E-state index in [9.17, 15) is 9.90 Å². The molecule has 1 aromatic heterocycles. The Labute approximate surface area is 91.6 Å². The molecule has 8 heteroatoms. The highest BCUT2D eigenvalue weighted by molar-refractivity contribution is 5.91. The molecular formula is C8H14N4O4. The summed E-state index contributed by atoms with van der Waals surface area (Å²) in [5.74, 6) is -0.657. The fourth-order valence-electron chi connectivity index (χ4n) is 1.06. The van der Waals surface area contributed by atoms with Crippen molar-refractivity contribution in [2.45, 2.75) is 19.6 Å². The number of anilines is 1. The van der Waals surface area contributed by atoms with Crippen LogP contribution in [0.25, 0.3) is 0 Å². The summed E-state index contributed by atoms with van der Waals surface area (Å²) < 4.78 is 5.84. The summed E-state index contributed by atoms with van der Waals surface area (Å²) in [7, 11) is 0. The molecule has 0 saturated carbocycles. The molecule has 16 heavy (non-hydrogen) atoms. The summed E-state index contributed by atoms with van der Waals surface area (Å²) in [4.78, 5) is 11.3. The summed E-state index contributed by atoms with van der Waals surface area (Å²) in [6.45, 7) is 1.42. The Morgan fingerprint density at radius 1 is 1.69 bits per heavy atom. The van der Waals surface area contributed by atoms with Gasteiger partial charge in [-0.2, -0.15) is 0 Å². The van der Waals surface area contributed by atoms with Crippen LogP contribution in [0, 0.1) is 0 Å². The molecule has 0 radical (unpaired) electrons. The highest BCUT2D eigenvalue weighted by Crippen LogP contribution is 2.09. The zero-order valence-corrected chi connectivity index (χ0v) is 8.83. The fourth-order valence-corrected chi connectivity index (χ4v) is 1.06. The summed E-state index contributed by atoms with van der Waals surface area (Å²) in [6.07, 6.45) is -1.00. The number of aliphatic hydroxyl groups excluding tert-OH is 2. The van der Waals surface area contributed by atoms with Gasteiger partial charge in [0.2, 0.25) is 5.69 Å². The predicted molar refractivity (Wildman–Crippen MR) is 53.5 cm³/mol. The van der Waals surface area contributed by atoms with Gasteiger partial charge in [0.05, 0.1) is 25.9 Å². The number of rotatable bonds is 5. The number of aromatic nitrogens is 3. The van der Waals surface area contributed by atoms with Crippen molar-refractivity contribution in [1.82, 2.24) is 15.0 Å². The number of carbonyl (C=O) groups excluding carboxylic acids is 1. The van der Waals surface area contributed by atoms with Crippen molar-refractivity contribution in [3.8, 4) is 0 Å². The maximum absolute atomic E-state index is 11.3. The largest absolute Gasteiger partial charge is 0.461 e. The van der Waals surface area contributed by atoms with Crippen LogP contribution in [0.1, 0.15) is 17.4 Å². The highest BCUT2D eigenvalue weighted by Gasteiger charge is 2.19. The Hall–Kier alpha value is -1.67. The lowest BCUT2D eigenvalue weighted by atomic mass is 10.3. The van der Waals surface area contributed by atoms with Crippen molar-refractivity contribution < 1.29 is 19.7 Å². The number of carbonyl (C=O) groups is 1. The molecule has 1 aromatic rings. The van der Waals surface area contributed by atoms with Gasteiger partial charge in [-0.25, -0.2) is 9.48 Å². The van der Waals surface area contributed by atoms with E-state index in [-0.39, 0.29) is 24.7 Å². The van der Waals surface area contributed by atoms with Crippen LogP contribution in [0.4, 0.5) is 5.82 Å². The molecule has 0 saturated heterocycles. The minimum absolute atomic E-state index is 0.00551. The monoisotopic (exact) mass is 230 g/mol. The van der Waals surface area contributed by atoms with E-state index in [1.165, 1.54) is 0 Å². The van der Waals surface area contributed by atoms with Gasteiger partial charge in [-0.1, -0.05) is 5.21 Å². The molecule has 1 atom stereocenters. The molecule has 0 aromatic carbocycles. The molecule has 0 aliphatic rings. The van der Waals surface area contributed by atoms with E-state index in [0.29, 0.717) is 0 Å². The van der Waals surface area contributed by atoms with Crippen LogP contribution in [-0.4, -0.2) is 50.5 Å². The number of hydrogen-bond donors (Lipinski definition) is 3. The quantitative estimate of drug-likeness (QED) is 0.520. The van der Waals surface area contributed by atoms with Crippen molar-refractivity contribution in [2.24, 2.45) is 0 Å². The van der Waals surface area contributed by atoms with E-state index in [1.54, 1.807) is 6.92 Å². The van der Waals surface area contributed by atoms with Gasteiger partial charge in [0.15, 0.2) is 5.82 Å². The number of esters is 1. The SMILES string of the molecule is CCOC(=O)c1nnn(CC(O)CO)c1N. The minimum Gasteiger partial charge on any atom is -0.461 e. The predicted octanol–water partition coefficient (Wildman–Crippen LogP) is -1.61. The Balaban J connectivity index is 2.79. The van der Waals surface area contributed by atoms with Crippen molar-refractivity contribution in [1.29, 1.82) is 0 Å². The fraction of sp³-hybridized carbons (Fsp3) is 0.625. The molecular weight excluding hydrogens is 216 g/mol. The molecule has 0 fully saturated rings. The summed E-state index contributed by atoms with van der Waals surface area (Å²) in [5.41, 5.74) is 5.49. The van der Waals surface area contributed by atoms with E-state index in [0.717, 1.165) is 4.68 Å². The van der Waals surface area contributed by atoms with Gasteiger partial charge in [0, 0.05) is 0 Å². The molecule has 1 rings (SSSR count). The Kier molecular flexibility index (Phi) is 4.20. The molecule has 0 bridgehead atoms. The Morgan fingerprint density at radius 2 is 2.38 bits per heavy atom. The van der Waals surface area contributed by atoms with Gasteiger partial charge in [-0.05, 0) is 6.92 Å². The van der Waals surface area contributed by atoms with Crippen LogP contribution >= 0.6 is 0 Å². The third-order valence-electron chi connectivity index (χ3n) is 1.84. The second-order valence-corrected chi connectivity index (χ2v) is 3.06. The van der Waals surface area contributed by atoms with Crippen LogP contribution in [-0.2, 0) is 11.3 Å². The van der Waals surface area contributed by atoms with E-state index < -0.39 is 18.7 Å². The zero-order chi connectivity index (χ0) is 12.1. The first kappa shape index (κ1) is 12.4. The lowest BCUT2D eigenvalue weighted by Crippen LogP contribution is -2.22. The molecule has 4 N–H and O–H groups in total. The van der Waals surface area contributed by atoms with Crippen molar-refractivity contribution in [2.75, 3.05) is 18.9 Å². The molecule has 1 unspecified atom stereocenters. The van der Waals surface area contributed by atoms with Gasteiger partial charge < -0.3 is 20.7 Å². The second kappa shape index (κ2) is 5.42. The molecule has 0 aliphatic carbocycles. The van der Waals surface area contributed by atoms with Gasteiger partial charge in [0.1, 0.15) is 0 Å². The topological polar surface area (TPSA) is 123 Å². The third kappa shape index (κ3) is 2.67. The van der Waals surface area contributed by atoms with Crippen LogP contribution < -0.4 is 5.73 Å². The molecule has 0 amide bonds. The van der Waals surface area contributed by atoms with Crippen LogP contribution in [0.5, 0.6) is 0 Å². The normalized spacial score (nSPS) is 12.4. The molecule has 8 nitrogen and oxygen atoms in total. The number of nitrogen functional groups attached to an aromatic ring is 1. The Bertz CT molecular complexity index is 365. The van der Waals surface area contributed by atoms with Gasteiger partial charge >= 0.3 is 5.97 Å². The average Bonchev–Trinajstić information content (AvgIpc) is 2.61. The van der Waals surface area contributed by atoms with Crippen LogP contribution in [0.3, 0.4) is 0 Å². The van der Waals surface area contributed by atoms with Crippen molar-refractivity contribution in [3.63, 3.8) is 0 Å². The number of ether oxygens (including phenoxy) is 1. The second-order valence-electron chi connectivity index (χ2n) is 3.06. The lowest BCUT2D eigenvalue weighted by Gasteiger charge is -2.07. The molecule has 90 valence electrons. The maximum atomic E-state index is 11.3. The van der Waals surface area contributed by atoms with Gasteiger partial charge in [-0.3, -0.25) is 0 Å². The Morgan fingerprint density at radius 3 is 2.94 bits per heavy atom. The maximum Gasteiger partial charge on any atom is 0.362 e. The summed E-state index contributed by atoms with van der Waals surface area (Å²) in [6, 6.07) is 0. The van der Waals surface area contributed by atoms with Crippen LogP contribution in [0.15, 0.2) is 0 Å². The number of hydrogen-bond acceptors (Lipinski definition) is 7. The molecule has 0 aliphatic heterocycles. The summed E-state index contributed by atoms with van der Waals surface area (Å²) in [5, 5.41) is 24.9. The first-order valence-electron chi connectivity index (χ1n) is 4.75. The van der Waals surface area contributed by atoms with E-state index in [4.69, 9.17) is 15.6 Å². The first-order valence-corrected chi connectivity index (χ1v) is 4.75. The summed E-state index contributed by atoms with van der Waals surface area (Å²) >= 11 is 0. The molecule has 1 heterocycles. The standard InChI is InChI=1S/C8H14N4O4/c1-2-16-8(15)6-7(9)12(11-10-6)3-5(14)4-13/h5,13-14H,2-4,9H2,1H3. The smallest absolute Gasteiger partial charge is 0.362 e. The lowest BCUT2D eigenvalue weighted by molar-refractivity contribution is 0.0520. The van der Waals surface area contributed by atoms with E-state index in [1.807, 2.05) is 0 Å². The third-order valence-corrected chi connectivity index (χ3v) is 1.84.